The number of hydrogen-bond acceptors (Lipinski definition) is 3. The number of carbonyl (C=O) groups excluding carboxylic acids is 2. The molecule has 0 amide bonds. The van der Waals surface area contributed by atoms with Gasteiger partial charge in [-0.05, 0) is 37.7 Å². The molecule has 4 nitrogen and oxygen atoms in total. The Kier molecular flexibility index (Phi) is 6.31. The quantitative estimate of drug-likeness (QED) is 0.399. The van der Waals surface area contributed by atoms with Crippen LogP contribution < -0.4 is 5.46 Å². The van der Waals surface area contributed by atoms with Crippen molar-refractivity contribution in [3.8, 4) is 0 Å². The van der Waals surface area contributed by atoms with Gasteiger partial charge in [-0.25, -0.2) is 0 Å². The first-order valence-electron chi connectivity index (χ1n) is 10.6. The summed E-state index contributed by atoms with van der Waals surface area (Å²) in [7, 11) is 2.09. The smallest absolute Gasteiger partial charge is 0.305 e. The van der Waals surface area contributed by atoms with Crippen LogP contribution in [0.2, 0.25) is 0 Å². The summed E-state index contributed by atoms with van der Waals surface area (Å²) in [4.78, 5) is 24.3. The number of aryl methyl sites for hydroxylation is 1. The third-order valence-corrected chi connectivity index (χ3v) is 5.71. The van der Waals surface area contributed by atoms with Gasteiger partial charge in [0.1, 0.15) is 7.85 Å². The van der Waals surface area contributed by atoms with Crippen molar-refractivity contribution in [2.75, 3.05) is 6.61 Å². The maximum absolute atomic E-state index is 12.9. The summed E-state index contributed by atoms with van der Waals surface area (Å²) in [5.41, 5.74) is 4.58. The van der Waals surface area contributed by atoms with Gasteiger partial charge in [-0.1, -0.05) is 44.3 Å². The Labute approximate surface area is 169 Å². The standard InChI is InChI=1S/C23H32BNO3/c1-4-28-21(27)9-7-5-6-8-12-25-18-11-10-16(24)13-17(18)22-19(25)14-23(2,3)15-20(22)26/h10-11,13H,4-9,12,14-15,24H2,1-3H3. The summed E-state index contributed by atoms with van der Waals surface area (Å²) in [6.45, 7) is 7.61. The van der Waals surface area contributed by atoms with Crippen LogP contribution in [0, 0.1) is 5.41 Å². The number of rotatable bonds is 8. The highest BCUT2D eigenvalue weighted by Crippen LogP contribution is 2.39. The number of aromatic nitrogens is 1. The van der Waals surface area contributed by atoms with E-state index in [0.29, 0.717) is 19.4 Å². The summed E-state index contributed by atoms with van der Waals surface area (Å²) in [5, 5.41) is 1.12. The Morgan fingerprint density at radius 2 is 1.93 bits per heavy atom. The molecule has 0 radical (unpaired) electrons. The molecule has 0 saturated heterocycles. The zero-order valence-electron chi connectivity index (χ0n) is 17.8. The monoisotopic (exact) mass is 381 g/mol. The van der Waals surface area contributed by atoms with Gasteiger partial charge in [0, 0.05) is 41.5 Å². The van der Waals surface area contributed by atoms with E-state index in [1.54, 1.807) is 0 Å². The fourth-order valence-corrected chi connectivity index (χ4v) is 4.44. The van der Waals surface area contributed by atoms with Gasteiger partial charge in [0.25, 0.3) is 0 Å². The molecule has 0 saturated carbocycles. The molecule has 150 valence electrons. The second-order valence-electron chi connectivity index (χ2n) is 8.90. The van der Waals surface area contributed by atoms with Crippen LogP contribution in [0.5, 0.6) is 0 Å². The number of fused-ring (bicyclic) bond motifs is 3. The molecule has 1 aliphatic rings. The number of Topliss-reactive ketones (excluding diaryl/α,β-unsaturated/α-hetero) is 1. The van der Waals surface area contributed by atoms with Crippen LogP contribution in [0.3, 0.4) is 0 Å². The number of hydrogen-bond donors (Lipinski definition) is 0. The molecule has 0 aliphatic heterocycles. The molecule has 0 unspecified atom stereocenters. The Morgan fingerprint density at radius 1 is 1.18 bits per heavy atom. The summed E-state index contributed by atoms with van der Waals surface area (Å²) >= 11 is 0. The summed E-state index contributed by atoms with van der Waals surface area (Å²) in [6, 6.07) is 6.48. The van der Waals surface area contributed by atoms with E-state index < -0.39 is 0 Å². The maximum Gasteiger partial charge on any atom is 0.305 e. The summed E-state index contributed by atoms with van der Waals surface area (Å²) in [6.07, 6.45) is 6.14. The first kappa shape index (κ1) is 20.7. The van der Waals surface area contributed by atoms with Crippen LogP contribution in [0.4, 0.5) is 0 Å². The van der Waals surface area contributed by atoms with E-state index in [4.69, 9.17) is 4.74 Å². The lowest BCUT2D eigenvalue weighted by atomic mass is 9.75. The number of carbonyl (C=O) groups is 2. The van der Waals surface area contributed by atoms with E-state index >= 15 is 0 Å². The molecule has 0 atom stereocenters. The van der Waals surface area contributed by atoms with E-state index in [2.05, 4.69) is 44.5 Å². The van der Waals surface area contributed by atoms with Crippen LogP contribution in [0.1, 0.15) is 75.3 Å². The lowest BCUT2D eigenvalue weighted by Crippen LogP contribution is -2.28. The number of ether oxygens (including phenoxy) is 1. The van der Waals surface area contributed by atoms with Crippen molar-refractivity contribution in [3.05, 3.63) is 29.5 Å². The molecular formula is C23H32BNO3. The highest BCUT2D eigenvalue weighted by Gasteiger charge is 2.35. The van der Waals surface area contributed by atoms with Crippen LogP contribution in [0.25, 0.3) is 10.9 Å². The van der Waals surface area contributed by atoms with Crippen LogP contribution in [-0.4, -0.2) is 30.8 Å². The van der Waals surface area contributed by atoms with Crippen molar-refractivity contribution in [3.63, 3.8) is 0 Å². The van der Waals surface area contributed by atoms with Gasteiger partial charge in [0.05, 0.1) is 6.61 Å². The molecule has 5 heteroatoms. The fourth-order valence-electron chi connectivity index (χ4n) is 4.44. The van der Waals surface area contributed by atoms with Gasteiger partial charge in [-0.2, -0.15) is 0 Å². The SMILES string of the molecule is Bc1ccc2c(c1)c1c(n2CCCCCCC(=O)OCC)CC(C)(C)CC1=O. The van der Waals surface area contributed by atoms with Gasteiger partial charge < -0.3 is 9.30 Å². The molecule has 3 rings (SSSR count). The van der Waals surface area contributed by atoms with Crippen LogP contribution in [-0.2, 0) is 22.5 Å². The number of esters is 1. The summed E-state index contributed by atoms with van der Waals surface area (Å²) in [5.74, 6) is 0.194. The van der Waals surface area contributed by atoms with Crippen LogP contribution >= 0.6 is 0 Å². The predicted octanol–water partition coefficient (Wildman–Crippen LogP) is 3.57. The first-order chi connectivity index (χ1) is 13.3. The molecule has 28 heavy (non-hydrogen) atoms. The average Bonchev–Trinajstić information content (AvgIpc) is 2.89. The van der Waals surface area contributed by atoms with E-state index in [1.807, 2.05) is 6.92 Å². The highest BCUT2D eigenvalue weighted by atomic mass is 16.5. The van der Waals surface area contributed by atoms with Gasteiger partial charge in [-0.15, -0.1) is 0 Å². The van der Waals surface area contributed by atoms with Crippen molar-refractivity contribution >= 4 is 36.0 Å². The second kappa shape index (κ2) is 8.54. The predicted molar refractivity (Wildman–Crippen MR) is 116 cm³/mol. The van der Waals surface area contributed by atoms with E-state index in [1.165, 1.54) is 16.7 Å². The van der Waals surface area contributed by atoms with Gasteiger partial charge in [0.2, 0.25) is 0 Å². The molecule has 1 aromatic heterocycles. The molecule has 0 bridgehead atoms. The van der Waals surface area contributed by atoms with E-state index in [-0.39, 0.29) is 17.2 Å². The Morgan fingerprint density at radius 3 is 2.68 bits per heavy atom. The zero-order valence-corrected chi connectivity index (χ0v) is 17.8. The lowest BCUT2D eigenvalue weighted by Gasteiger charge is -2.29. The third kappa shape index (κ3) is 4.51. The molecule has 1 heterocycles. The average molecular weight is 381 g/mol. The van der Waals surface area contributed by atoms with Crippen molar-refractivity contribution in [1.29, 1.82) is 0 Å². The molecule has 0 fully saturated rings. The van der Waals surface area contributed by atoms with Crippen molar-refractivity contribution in [1.82, 2.24) is 4.57 Å². The maximum atomic E-state index is 12.9. The molecule has 0 N–H and O–H groups in total. The van der Waals surface area contributed by atoms with Crippen molar-refractivity contribution < 1.29 is 14.3 Å². The topological polar surface area (TPSA) is 48.3 Å². The first-order valence-corrected chi connectivity index (χ1v) is 10.6. The lowest BCUT2D eigenvalue weighted by molar-refractivity contribution is -0.143. The minimum absolute atomic E-state index is 0.0187. The molecule has 1 aromatic carbocycles. The molecule has 2 aromatic rings. The number of unbranched alkanes of at least 4 members (excludes halogenated alkanes) is 3. The number of benzene rings is 1. The minimum Gasteiger partial charge on any atom is -0.466 e. The van der Waals surface area contributed by atoms with Crippen molar-refractivity contribution in [2.24, 2.45) is 5.41 Å². The Hall–Kier alpha value is -2.04. The third-order valence-electron chi connectivity index (χ3n) is 5.71. The van der Waals surface area contributed by atoms with E-state index in [9.17, 15) is 9.59 Å². The van der Waals surface area contributed by atoms with Gasteiger partial charge >= 0.3 is 5.97 Å². The highest BCUT2D eigenvalue weighted by molar-refractivity contribution is 6.33. The van der Waals surface area contributed by atoms with Gasteiger partial charge in [-0.3, -0.25) is 9.59 Å². The van der Waals surface area contributed by atoms with E-state index in [0.717, 1.165) is 49.6 Å². The zero-order chi connectivity index (χ0) is 20.3. The molecular weight excluding hydrogens is 349 g/mol. The summed E-state index contributed by atoms with van der Waals surface area (Å²) < 4.78 is 7.37. The molecule has 0 spiro atoms. The normalized spacial score (nSPS) is 15.6. The Balaban J connectivity index is 1.73. The number of ketones is 1. The largest absolute Gasteiger partial charge is 0.466 e. The minimum atomic E-state index is -0.0934. The fraction of sp³-hybridized carbons (Fsp3) is 0.565. The number of nitrogens with zero attached hydrogens (tertiary/aromatic N) is 1. The molecule has 1 aliphatic carbocycles. The van der Waals surface area contributed by atoms with Crippen molar-refractivity contribution in [2.45, 2.75) is 72.3 Å². The van der Waals surface area contributed by atoms with Gasteiger partial charge in [0.15, 0.2) is 5.78 Å². The second-order valence-corrected chi connectivity index (χ2v) is 8.90. The Bertz CT molecular complexity index is 882. The van der Waals surface area contributed by atoms with Crippen LogP contribution in [0.15, 0.2) is 18.2 Å².